The van der Waals surface area contributed by atoms with E-state index >= 15 is 0 Å². The zero-order chi connectivity index (χ0) is 19.6. The van der Waals surface area contributed by atoms with E-state index in [9.17, 15) is 18.0 Å². The van der Waals surface area contributed by atoms with Gasteiger partial charge in [-0.1, -0.05) is 12.1 Å². The van der Waals surface area contributed by atoms with Crippen molar-refractivity contribution in [2.45, 2.75) is 11.8 Å². The molecule has 0 radical (unpaired) electrons. The lowest BCUT2D eigenvalue weighted by molar-refractivity contribution is 0.0526. The predicted molar refractivity (Wildman–Crippen MR) is 97.9 cm³/mol. The van der Waals surface area contributed by atoms with Crippen LogP contribution in [0.5, 0.6) is 0 Å². The maximum Gasteiger partial charge on any atom is 0.338 e. The zero-order valence-electron chi connectivity index (χ0n) is 14.3. The number of para-hydroxylation sites is 1. The Morgan fingerprint density at radius 2 is 1.78 bits per heavy atom. The average molecular weight is 388 g/mol. The Balaban J connectivity index is 1.98. The SMILES string of the molecule is CCOC(=O)c1ccc(S(=O)(=O)Nc2c(C(N)=O)oc3ccccc23)cc1. The summed E-state index contributed by atoms with van der Waals surface area (Å²) in [7, 11) is -4.06. The van der Waals surface area contributed by atoms with Gasteiger partial charge in [-0.05, 0) is 43.3 Å². The second kappa shape index (κ2) is 7.12. The van der Waals surface area contributed by atoms with Gasteiger partial charge in [0.2, 0.25) is 5.76 Å². The first-order valence-electron chi connectivity index (χ1n) is 7.95. The summed E-state index contributed by atoms with van der Waals surface area (Å²) in [5.41, 5.74) is 5.81. The molecule has 1 amide bonds. The van der Waals surface area contributed by atoms with Crippen LogP contribution in [0.4, 0.5) is 5.69 Å². The number of esters is 1. The number of fused-ring (bicyclic) bond motifs is 1. The number of ether oxygens (including phenoxy) is 1. The van der Waals surface area contributed by atoms with E-state index in [1.54, 1.807) is 31.2 Å². The van der Waals surface area contributed by atoms with Gasteiger partial charge in [-0.25, -0.2) is 13.2 Å². The van der Waals surface area contributed by atoms with Gasteiger partial charge in [0, 0.05) is 5.39 Å². The number of sulfonamides is 1. The molecule has 1 heterocycles. The number of nitrogens with one attached hydrogen (secondary N) is 1. The zero-order valence-corrected chi connectivity index (χ0v) is 15.1. The minimum absolute atomic E-state index is 0.0347. The Labute approximate surface area is 155 Å². The van der Waals surface area contributed by atoms with E-state index in [1.807, 2.05) is 0 Å². The number of carbonyl (C=O) groups is 2. The van der Waals surface area contributed by atoms with Gasteiger partial charge in [0.1, 0.15) is 11.3 Å². The fraction of sp³-hybridized carbons (Fsp3) is 0.111. The van der Waals surface area contributed by atoms with Crippen molar-refractivity contribution in [1.82, 2.24) is 0 Å². The minimum Gasteiger partial charge on any atom is -0.462 e. The van der Waals surface area contributed by atoms with Crippen molar-refractivity contribution >= 4 is 38.6 Å². The highest BCUT2D eigenvalue weighted by Gasteiger charge is 2.24. The average Bonchev–Trinajstić information content (AvgIpc) is 3.00. The van der Waals surface area contributed by atoms with Crippen LogP contribution < -0.4 is 10.5 Å². The monoisotopic (exact) mass is 388 g/mol. The fourth-order valence-electron chi connectivity index (χ4n) is 2.50. The van der Waals surface area contributed by atoms with Crippen LogP contribution in [0, 0.1) is 0 Å². The summed E-state index contributed by atoms with van der Waals surface area (Å²) in [5, 5.41) is 0.401. The van der Waals surface area contributed by atoms with E-state index < -0.39 is 21.9 Å². The van der Waals surface area contributed by atoms with Crippen LogP contribution in [0.25, 0.3) is 11.0 Å². The Kier molecular flexibility index (Phi) is 4.87. The van der Waals surface area contributed by atoms with Crippen molar-refractivity contribution < 1.29 is 27.2 Å². The molecule has 0 aliphatic carbocycles. The highest BCUT2D eigenvalue weighted by atomic mass is 32.2. The van der Waals surface area contributed by atoms with Gasteiger partial charge in [0.25, 0.3) is 15.9 Å². The Morgan fingerprint density at radius 1 is 1.11 bits per heavy atom. The molecule has 3 N–H and O–H groups in total. The van der Waals surface area contributed by atoms with E-state index in [0.29, 0.717) is 11.0 Å². The Morgan fingerprint density at radius 3 is 2.41 bits per heavy atom. The molecule has 1 aromatic heterocycles. The number of benzene rings is 2. The number of anilines is 1. The maximum absolute atomic E-state index is 12.7. The molecular weight excluding hydrogens is 372 g/mol. The van der Waals surface area contributed by atoms with Gasteiger partial charge in [-0.15, -0.1) is 0 Å². The predicted octanol–water partition coefficient (Wildman–Crippen LogP) is 2.51. The van der Waals surface area contributed by atoms with Gasteiger partial charge < -0.3 is 14.9 Å². The van der Waals surface area contributed by atoms with E-state index in [-0.39, 0.29) is 28.5 Å². The quantitative estimate of drug-likeness (QED) is 0.624. The molecule has 0 aliphatic rings. The highest BCUT2D eigenvalue weighted by molar-refractivity contribution is 7.92. The summed E-state index contributed by atoms with van der Waals surface area (Å²) in [6, 6.07) is 11.8. The molecule has 8 nitrogen and oxygen atoms in total. The number of nitrogens with two attached hydrogens (primary N) is 1. The van der Waals surface area contributed by atoms with Crippen molar-refractivity contribution in [3.05, 3.63) is 59.9 Å². The first-order valence-corrected chi connectivity index (χ1v) is 9.43. The largest absolute Gasteiger partial charge is 0.462 e. The van der Waals surface area contributed by atoms with Crippen molar-refractivity contribution in [2.75, 3.05) is 11.3 Å². The smallest absolute Gasteiger partial charge is 0.338 e. The normalized spacial score (nSPS) is 11.3. The number of rotatable bonds is 6. The van der Waals surface area contributed by atoms with Crippen LogP contribution in [0.1, 0.15) is 27.8 Å². The number of hydrogen-bond donors (Lipinski definition) is 2. The standard InChI is InChI=1S/C18H16N2O6S/c1-2-25-18(22)11-7-9-12(10-8-11)27(23,24)20-15-13-5-3-4-6-14(13)26-16(15)17(19)21/h3-10,20H,2H2,1H3,(H2,19,21). The van der Waals surface area contributed by atoms with Crippen LogP contribution in [0.15, 0.2) is 57.8 Å². The number of hydrogen-bond acceptors (Lipinski definition) is 6. The molecule has 3 aromatic rings. The molecule has 0 saturated carbocycles. The minimum atomic E-state index is -4.06. The first-order chi connectivity index (χ1) is 12.8. The van der Waals surface area contributed by atoms with Gasteiger partial charge in [-0.3, -0.25) is 9.52 Å². The molecule has 3 rings (SSSR count). The van der Waals surface area contributed by atoms with Crippen LogP contribution in [0.3, 0.4) is 0 Å². The first kappa shape index (κ1) is 18.5. The van der Waals surface area contributed by atoms with E-state index in [1.165, 1.54) is 24.3 Å². The summed E-state index contributed by atoms with van der Waals surface area (Å²) in [6.07, 6.45) is 0. The van der Waals surface area contributed by atoms with E-state index in [4.69, 9.17) is 14.9 Å². The lowest BCUT2D eigenvalue weighted by Gasteiger charge is -2.08. The summed E-state index contributed by atoms with van der Waals surface area (Å²) in [5.74, 6) is -1.74. The molecule has 0 spiro atoms. The second-order valence-electron chi connectivity index (χ2n) is 5.52. The summed E-state index contributed by atoms with van der Waals surface area (Å²) in [4.78, 5) is 23.2. The molecule has 0 aliphatic heterocycles. The van der Waals surface area contributed by atoms with Gasteiger partial charge in [0.05, 0.1) is 17.1 Å². The van der Waals surface area contributed by atoms with Crippen LogP contribution >= 0.6 is 0 Å². The highest BCUT2D eigenvalue weighted by Crippen LogP contribution is 2.32. The molecule has 0 atom stereocenters. The summed E-state index contributed by atoms with van der Waals surface area (Å²) in [6.45, 7) is 1.89. The Bertz CT molecular complexity index is 1120. The molecule has 0 bridgehead atoms. The number of amides is 1. The maximum atomic E-state index is 12.7. The van der Waals surface area contributed by atoms with Crippen molar-refractivity contribution in [3.63, 3.8) is 0 Å². The lowest BCUT2D eigenvalue weighted by atomic mass is 10.2. The van der Waals surface area contributed by atoms with Gasteiger partial charge >= 0.3 is 5.97 Å². The summed E-state index contributed by atoms with van der Waals surface area (Å²) < 4.78 is 38.0. The van der Waals surface area contributed by atoms with Crippen molar-refractivity contribution in [2.24, 2.45) is 5.73 Å². The molecule has 140 valence electrons. The number of furan rings is 1. The molecule has 27 heavy (non-hydrogen) atoms. The molecule has 9 heteroatoms. The molecule has 0 fully saturated rings. The van der Waals surface area contributed by atoms with E-state index in [0.717, 1.165) is 0 Å². The molecule has 0 unspecified atom stereocenters. The van der Waals surface area contributed by atoms with Crippen LogP contribution in [-0.4, -0.2) is 26.9 Å². The van der Waals surface area contributed by atoms with Gasteiger partial charge in [0.15, 0.2) is 0 Å². The lowest BCUT2D eigenvalue weighted by Crippen LogP contribution is -2.17. The topological polar surface area (TPSA) is 129 Å². The Hall–Kier alpha value is -3.33. The molecule has 0 saturated heterocycles. The molecular formula is C18H16N2O6S. The van der Waals surface area contributed by atoms with Crippen LogP contribution in [0.2, 0.25) is 0 Å². The van der Waals surface area contributed by atoms with E-state index in [2.05, 4.69) is 4.72 Å². The summed E-state index contributed by atoms with van der Waals surface area (Å²) >= 11 is 0. The fourth-order valence-corrected chi connectivity index (χ4v) is 3.58. The number of primary amides is 1. The third-order valence-electron chi connectivity index (χ3n) is 3.73. The van der Waals surface area contributed by atoms with Crippen molar-refractivity contribution in [3.8, 4) is 0 Å². The number of carbonyl (C=O) groups excluding carboxylic acids is 2. The van der Waals surface area contributed by atoms with Crippen LogP contribution in [-0.2, 0) is 14.8 Å². The second-order valence-corrected chi connectivity index (χ2v) is 7.20. The third kappa shape index (κ3) is 3.63. The van der Waals surface area contributed by atoms with Crippen molar-refractivity contribution in [1.29, 1.82) is 0 Å². The third-order valence-corrected chi connectivity index (χ3v) is 5.10. The van der Waals surface area contributed by atoms with Gasteiger partial charge in [-0.2, -0.15) is 0 Å². The molecule has 2 aromatic carbocycles.